The van der Waals surface area contributed by atoms with Crippen LogP contribution in [0.5, 0.6) is 0 Å². The number of aliphatic hydroxyl groups excluding tert-OH is 1. The minimum Gasteiger partial charge on any atom is -0.393 e. The number of fused-ring (bicyclic) bond motifs is 1. The monoisotopic (exact) mass is 222 g/mol. The van der Waals surface area contributed by atoms with Gasteiger partial charge in [0.15, 0.2) is 0 Å². The first-order valence-corrected chi connectivity index (χ1v) is 6.85. The van der Waals surface area contributed by atoms with Crippen molar-refractivity contribution in [2.75, 3.05) is 0 Å². The Morgan fingerprint density at radius 2 is 1.88 bits per heavy atom. The van der Waals surface area contributed by atoms with Crippen LogP contribution in [-0.2, 0) is 0 Å². The molecule has 0 aromatic heterocycles. The molecule has 2 aliphatic carbocycles. The molecule has 0 saturated heterocycles. The molecule has 0 unspecified atom stereocenters. The van der Waals surface area contributed by atoms with E-state index in [9.17, 15) is 5.11 Å². The minimum absolute atomic E-state index is 0.0570. The molecule has 0 aromatic rings. The van der Waals surface area contributed by atoms with E-state index in [4.69, 9.17) is 0 Å². The first-order chi connectivity index (χ1) is 7.50. The van der Waals surface area contributed by atoms with E-state index in [0.29, 0.717) is 23.7 Å². The molecule has 16 heavy (non-hydrogen) atoms. The first kappa shape index (κ1) is 12.2. The number of hydrogen-bond acceptors (Lipinski definition) is 1. The number of allylic oxidation sites excluding steroid dienone is 2. The second-order valence-electron chi connectivity index (χ2n) is 6.37. The first-order valence-electron chi connectivity index (χ1n) is 6.85. The SMILES string of the molecule is CC(C)=C1CC[C@H](C)[C@H]2[C@H](O)C[C@H](C)C[C@H]12. The topological polar surface area (TPSA) is 20.2 Å². The molecule has 0 amide bonds. The second kappa shape index (κ2) is 4.52. The normalized spacial score (nSPS) is 44.1. The van der Waals surface area contributed by atoms with Crippen molar-refractivity contribution in [2.24, 2.45) is 23.7 Å². The highest BCUT2D eigenvalue weighted by molar-refractivity contribution is 5.19. The predicted molar refractivity (Wildman–Crippen MR) is 68.2 cm³/mol. The second-order valence-corrected chi connectivity index (χ2v) is 6.37. The van der Waals surface area contributed by atoms with Crippen LogP contribution in [0.4, 0.5) is 0 Å². The van der Waals surface area contributed by atoms with E-state index in [2.05, 4.69) is 27.7 Å². The van der Waals surface area contributed by atoms with Gasteiger partial charge in [-0.05, 0) is 63.2 Å². The Bertz CT molecular complexity index is 288. The van der Waals surface area contributed by atoms with Gasteiger partial charge in [0.05, 0.1) is 6.10 Å². The lowest BCUT2D eigenvalue weighted by molar-refractivity contribution is -0.0182. The van der Waals surface area contributed by atoms with E-state index in [1.54, 1.807) is 5.57 Å². The Kier molecular flexibility index (Phi) is 3.44. The fourth-order valence-corrected chi connectivity index (χ4v) is 4.06. The lowest BCUT2D eigenvalue weighted by Crippen LogP contribution is -2.43. The molecular formula is C15H26O. The summed E-state index contributed by atoms with van der Waals surface area (Å²) in [5.41, 5.74) is 3.16. The van der Waals surface area contributed by atoms with Gasteiger partial charge in [0, 0.05) is 0 Å². The Hall–Kier alpha value is -0.300. The van der Waals surface area contributed by atoms with Gasteiger partial charge in [0.2, 0.25) is 0 Å². The van der Waals surface area contributed by atoms with E-state index in [1.807, 2.05) is 0 Å². The van der Waals surface area contributed by atoms with Gasteiger partial charge in [-0.15, -0.1) is 0 Å². The van der Waals surface area contributed by atoms with Crippen molar-refractivity contribution in [3.63, 3.8) is 0 Å². The van der Waals surface area contributed by atoms with Crippen LogP contribution >= 0.6 is 0 Å². The van der Waals surface area contributed by atoms with Crippen molar-refractivity contribution in [1.29, 1.82) is 0 Å². The smallest absolute Gasteiger partial charge is 0.0579 e. The quantitative estimate of drug-likeness (QED) is 0.618. The van der Waals surface area contributed by atoms with Gasteiger partial charge in [0.1, 0.15) is 0 Å². The third-order valence-corrected chi connectivity index (χ3v) is 4.82. The summed E-state index contributed by atoms with van der Waals surface area (Å²) < 4.78 is 0. The standard InChI is InChI=1S/C15H26O/c1-9(2)12-6-5-11(4)15-13(12)7-10(3)8-14(15)16/h10-11,13-16H,5-8H2,1-4H3/t10-,11+,13-,14-,15-/m1/s1. The van der Waals surface area contributed by atoms with Gasteiger partial charge in [-0.25, -0.2) is 0 Å². The van der Waals surface area contributed by atoms with E-state index in [-0.39, 0.29) is 6.10 Å². The summed E-state index contributed by atoms with van der Waals surface area (Å²) in [5.74, 6) is 2.61. The van der Waals surface area contributed by atoms with Gasteiger partial charge in [-0.3, -0.25) is 0 Å². The summed E-state index contributed by atoms with van der Waals surface area (Å²) in [5, 5.41) is 10.3. The van der Waals surface area contributed by atoms with E-state index >= 15 is 0 Å². The maximum Gasteiger partial charge on any atom is 0.0579 e. The Morgan fingerprint density at radius 1 is 1.19 bits per heavy atom. The molecule has 0 radical (unpaired) electrons. The molecule has 1 heteroatoms. The predicted octanol–water partition coefficient (Wildman–Crippen LogP) is 3.78. The fourth-order valence-electron chi connectivity index (χ4n) is 4.06. The zero-order valence-electron chi connectivity index (χ0n) is 11.2. The average Bonchev–Trinajstić information content (AvgIpc) is 2.15. The van der Waals surface area contributed by atoms with E-state index < -0.39 is 0 Å². The van der Waals surface area contributed by atoms with Crippen molar-refractivity contribution in [3.8, 4) is 0 Å². The summed E-state index contributed by atoms with van der Waals surface area (Å²) in [6.07, 6.45) is 4.80. The number of hydrogen-bond donors (Lipinski definition) is 1. The molecule has 0 aliphatic heterocycles. The molecule has 5 atom stereocenters. The lowest BCUT2D eigenvalue weighted by Gasteiger charge is -2.47. The molecule has 92 valence electrons. The van der Waals surface area contributed by atoms with Crippen LogP contribution in [0.2, 0.25) is 0 Å². The van der Waals surface area contributed by atoms with Gasteiger partial charge in [0.25, 0.3) is 0 Å². The summed E-state index contributed by atoms with van der Waals surface area (Å²) in [6, 6.07) is 0. The highest BCUT2D eigenvalue weighted by atomic mass is 16.3. The van der Waals surface area contributed by atoms with Crippen LogP contribution < -0.4 is 0 Å². The van der Waals surface area contributed by atoms with Gasteiger partial charge >= 0.3 is 0 Å². The number of aliphatic hydroxyl groups is 1. The van der Waals surface area contributed by atoms with Gasteiger partial charge in [-0.2, -0.15) is 0 Å². The average molecular weight is 222 g/mol. The van der Waals surface area contributed by atoms with E-state index in [1.165, 1.54) is 24.8 Å². The Labute approximate surface area is 99.9 Å². The van der Waals surface area contributed by atoms with Crippen molar-refractivity contribution < 1.29 is 5.11 Å². The van der Waals surface area contributed by atoms with Gasteiger partial charge in [-0.1, -0.05) is 25.0 Å². The molecule has 0 aromatic carbocycles. The van der Waals surface area contributed by atoms with Crippen LogP contribution in [0.1, 0.15) is 53.4 Å². The van der Waals surface area contributed by atoms with Crippen LogP contribution in [0.25, 0.3) is 0 Å². The van der Waals surface area contributed by atoms with E-state index in [0.717, 1.165) is 6.42 Å². The largest absolute Gasteiger partial charge is 0.393 e. The molecule has 2 rings (SSSR count). The molecule has 2 aliphatic rings. The summed E-state index contributed by atoms with van der Waals surface area (Å²) in [7, 11) is 0. The van der Waals surface area contributed by atoms with Crippen LogP contribution in [0.3, 0.4) is 0 Å². The molecule has 2 saturated carbocycles. The highest BCUT2D eigenvalue weighted by Gasteiger charge is 2.42. The fraction of sp³-hybridized carbons (Fsp3) is 0.867. The molecule has 1 N–H and O–H groups in total. The third-order valence-electron chi connectivity index (χ3n) is 4.82. The van der Waals surface area contributed by atoms with Gasteiger partial charge < -0.3 is 5.11 Å². The van der Waals surface area contributed by atoms with Crippen molar-refractivity contribution >= 4 is 0 Å². The molecular weight excluding hydrogens is 196 g/mol. The maximum atomic E-state index is 10.3. The summed E-state index contributed by atoms with van der Waals surface area (Å²) >= 11 is 0. The lowest BCUT2D eigenvalue weighted by atomic mass is 9.60. The summed E-state index contributed by atoms with van der Waals surface area (Å²) in [4.78, 5) is 0. The highest BCUT2D eigenvalue weighted by Crippen LogP contribution is 2.48. The molecule has 2 fully saturated rings. The van der Waals surface area contributed by atoms with Crippen LogP contribution in [0, 0.1) is 23.7 Å². The van der Waals surface area contributed by atoms with Crippen LogP contribution in [0.15, 0.2) is 11.1 Å². The van der Waals surface area contributed by atoms with Crippen molar-refractivity contribution in [1.82, 2.24) is 0 Å². The minimum atomic E-state index is -0.0570. The zero-order chi connectivity index (χ0) is 11.9. The zero-order valence-corrected chi connectivity index (χ0v) is 11.2. The molecule has 0 bridgehead atoms. The molecule has 0 spiro atoms. The molecule has 0 heterocycles. The van der Waals surface area contributed by atoms with Crippen molar-refractivity contribution in [2.45, 2.75) is 59.5 Å². The maximum absolute atomic E-state index is 10.3. The Morgan fingerprint density at radius 3 is 2.50 bits per heavy atom. The summed E-state index contributed by atoms with van der Waals surface area (Å²) in [6.45, 7) is 9.11. The molecule has 1 nitrogen and oxygen atoms in total. The van der Waals surface area contributed by atoms with Crippen LogP contribution in [-0.4, -0.2) is 11.2 Å². The Balaban J connectivity index is 2.28. The number of rotatable bonds is 0. The van der Waals surface area contributed by atoms with Crippen molar-refractivity contribution in [3.05, 3.63) is 11.1 Å². The third kappa shape index (κ3) is 2.07.